The molecule has 1 aromatic heterocycles. The lowest BCUT2D eigenvalue weighted by molar-refractivity contribution is 0.853. The predicted molar refractivity (Wildman–Crippen MR) is 93.8 cm³/mol. The highest BCUT2D eigenvalue weighted by Gasteiger charge is 2.12. The van der Waals surface area contributed by atoms with E-state index in [9.17, 15) is 0 Å². The highest BCUT2D eigenvalue weighted by molar-refractivity contribution is 8.26. The third-order valence-corrected chi connectivity index (χ3v) is 4.63. The first-order valence-electron chi connectivity index (χ1n) is 6.93. The van der Waals surface area contributed by atoms with Gasteiger partial charge in [0.1, 0.15) is 4.32 Å². The fraction of sp³-hybridized carbons (Fsp3) is 0.250. The van der Waals surface area contributed by atoms with Crippen LogP contribution in [-0.4, -0.2) is 20.6 Å². The Kier molecular flexibility index (Phi) is 4.12. The van der Waals surface area contributed by atoms with Crippen molar-refractivity contribution < 1.29 is 0 Å². The molecule has 2 heterocycles. The first-order chi connectivity index (χ1) is 10.1. The van der Waals surface area contributed by atoms with Gasteiger partial charge in [-0.05, 0) is 29.7 Å². The summed E-state index contributed by atoms with van der Waals surface area (Å²) in [4.78, 5) is 1.23. The molecule has 1 aliphatic heterocycles. The van der Waals surface area contributed by atoms with E-state index in [1.165, 1.54) is 10.5 Å². The van der Waals surface area contributed by atoms with E-state index in [2.05, 4.69) is 54.6 Å². The van der Waals surface area contributed by atoms with E-state index >= 15 is 0 Å². The molecule has 0 spiro atoms. The summed E-state index contributed by atoms with van der Waals surface area (Å²) in [6.07, 6.45) is 6.05. The van der Waals surface area contributed by atoms with Gasteiger partial charge < -0.3 is 5.32 Å². The summed E-state index contributed by atoms with van der Waals surface area (Å²) in [5, 5.41) is 7.58. The van der Waals surface area contributed by atoms with Crippen molar-refractivity contribution in [1.82, 2.24) is 15.1 Å². The minimum Gasteiger partial charge on any atom is -0.366 e. The normalized spacial score (nSPS) is 16.7. The molecule has 3 rings (SSSR count). The first kappa shape index (κ1) is 14.4. The molecule has 0 saturated carbocycles. The average Bonchev–Trinajstić information content (AvgIpc) is 3.09. The Labute approximate surface area is 134 Å². The smallest absolute Gasteiger partial charge is 0.138 e. The minimum absolute atomic E-state index is 0.549. The minimum atomic E-state index is 0.549. The number of thioether (sulfide) groups is 1. The van der Waals surface area contributed by atoms with Crippen molar-refractivity contribution >= 4 is 34.4 Å². The van der Waals surface area contributed by atoms with Crippen LogP contribution >= 0.6 is 24.0 Å². The molecule has 0 amide bonds. The predicted octanol–water partition coefficient (Wildman–Crippen LogP) is 3.96. The number of nitrogens with one attached hydrogen (secondary N) is 1. The van der Waals surface area contributed by atoms with E-state index < -0.39 is 0 Å². The maximum Gasteiger partial charge on any atom is 0.138 e. The lowest BCUT2D eigenvalue weighted by Crippen LogP contribution is -2.09. The van der Waals surface area contributed by atoms with Crippen molar-refractivity contribution in [2.45, 2.75) is 19.8 Å². The third kappa shape index (κ3) is 3.36. The largest absolute Gasteiger partial charge is 0.366 e. The molecule has 0 unspecified atom stereocenters. The van der Waals surface area contributed by atoms with Gasteiger partial charge in [0.2, 0.25) is 0 Å². The lowest BCUT2D eigenvalue weighted by atomic mass is 10.0. The van der Waals surface area contributed by atoms with Crippen LogP contribution in [0.3, 0.4) is 0 Å². The Morgan fingerprint density at radius 2 is 2.10 bits per heavy atom. The number of aromatic nitrogens is 2. The van der Waals surface area contributed by atoms with E-state index in [1.54, 1.807) is 11.8 Å². The van der Waals surface area contributed by atoms with Gasteiger partial charge in [-0.3, -0.25) is 0 Å². The van der Waals surface area contributed by atoms with Crippen LogP contribution in [0.25, 0.3) is 11.8 Å². The molecule has 1 aliphatic rings. The van der Waals surface area contributed by atoms with Gasteiger partial charge in [0, 0.05) is 23.2 Å². The average molecular weight is 315 g/mol. The van der Waals surface area contributed by atoms with Crippen molar-refractivity contribution in [3.05, 3.63) is 52.7 Å². The van der Waals surface area contributed by atoms with Crippen molar-refractivity contribution in [3.8, 4) is 5.69 Å². The standard InChI is InChI=1S/C16H17N3S2/c1-11(2)13-3-5-14(6-4-13)19-10-12(8-18-19)7-15-9-17-16(20)21-15/h3-8,10-11H,9H2,1-2H3,(H,17,20)/b15-7-. The van der Waals surface area contributed by atoms with Crippen LogP contribution < -0.4 is 5.32 Å². The molecule has 1 aromatic carbocycles. The lowest BCUT2D eigenvalue weighted by Gasteiger charge is -2.06. The van der Waals surface area contributed by atoms with Crippen LogP contribution in [0.4, 0.5) is 0 Å². The number of hydrogen-bond acceptors (Lipinski definition) is 3. The number of benzene rings is 1. The van der Waals surface area contributed by atoms with Gasteiger partial charge in [0.15, 0.2) is 0 Å². The molecule has 108 valence electrons. The first-order valence-corrected chi connectivity index (χ1v) is 8.15. The Balaban J connectivity index is 1.80. The molecule has 0 aliphatic carbocycles. The van der Waals surface area contributed by atoms with Gasteiger partial charge in [0.05, 0.1) is 11.9 Å². The second kappa shape index (κ2) is 6.03. The van der Waals surface area contributed by atoms with Crippen LogP contribution in [0.15, 0.2) is 41.6 Å². The summed E-state index contributed by atoms with van der Waals surface area (Å²) in [7, 11) is 0. The van der Waals surface area contributed by atoms with Gasteiger partial charge in [-0.1, -0.05) is 50.0 Å². The van der Waals surface area contributed by atoms with Crippen molar-refractivity contribution in [1.29, 1.82) is 0 Å². The topological polar surface area (TPSA) is 29.9 Å². The van der Waals surface area contributed by atoms with Crippen LogP contribution in [0.5, 0.6) is 0 Å². The number of rotatable bonds is 3. The second-order valence-electron chi connectivity index (χ2n) is 5.32. The molecule has 1 saturated heterocycles. The van der Waals surface area contributed by atoms with Crippen molar-refractivity contribution in [2.75, 3.05) is 6.54 Å². The molecular weight excluding hydrogens is 298 g/mol. The maximum atomic E-state index is 5.12. The number of hydrogen-bond donors (Lipinski definition) is 1. The maximum absolute atomic E-state index is 5.12. The number of thiocarbonyl (C=S) groups is 1. The fourth-order valence-electron chi connectivity index (χ4n) is 2.18. The summed E-state index contributed by atoms with van der Waals surface area (Å²) in [5.74, 6) is 0.549. The molecule has 21 heavy (non-hydrogen) atoms. The molecule has 5 heteroatoms. The molecule has 0 atom stereocenters. The van der Waals surface area contributed by atoms with Crippen LogP contribution in [0, 0.1) is 0 Å². The molecule has 2 aromatic rings. The quantitative estimate of drug-likeness (QED) is 0.868. The molecule has 0 radical (unpaired) electrons. The Morgan fingerprint density at radius 3 is 2.71 bits per heavy atom. The Morgan fingerprint density at radius 1 is 1.33 bits per heavy atom. The molecular formula is C16H17N3S2. The summed E-state index contributed by atoms with van der Waals surface area (Å²) in [6.45, 7) is 5.22. The van der Waals surface area contributed by atoms with E-state index in [0.29, 0.717) is 5.92 Å². The van der Waals surface area contributed by atoms with E-state index in [1.807, 2.05) is 17.1 Å². The summed E-state index contributed by atoms with van der Waals surface area (Å²) in [6, 6.07) is 8.55. The Hall–Kier alpha value is -1.59. The van der Waals surface area contributed by atoms with E-state index in [4.69, 9.17) is 12.2 Å². The molecule has 0 bridgehead atoms. The van der Waals surface area contributed by atoms with Crippen molar-refractivity contribution in [3.63, 3.8) is 0 Å². The zero-order valence-electron chi connectivity index (χ0n) is 12.0. The number of nitrogens with zero attached hydrogens (tertiary/aromatic N) is 2. The van der Waals surface area contributed by atoms with Crippen LogP contribution in [-0.2, 0) is 0 Å². The highest BCUT2D eigenvalue weighted by atomic mass is 32.2. The third-order valence-electron chi connectivity index (χ3n) is 3.39. The summed E-state index contributed by atoms with van der Waals surface area (Å²) in [5.41, 5.74) is 3.52. The zero-order valence-corrected chi connectivity index (χ0v) is 13.7. The van der Waals surface area contributed by atoms with Crippen LogP contribution in [0.1, 0.15) is 30.9 Å². The molecule has 3 nitrogen and oxygen atoms in total. The SMILES string of the molecule is CC(C)c1ccc(-n2cc(/C=C3/CNC(=S)S3)cn2)cc1. The highest BCUT2D eigenvalue weighted by Crippen LogP contribution is 2.24. The fourth-order valence-corrected chi connectivity index (χ4v) is 3.30. The van der Waals surface area contributed by atoms with Crippen molar-refractivity contribution in [2.24, 2.45) is 0 Å². The van der Waals surface area contributed by atoms with Gasteiger partial charge in [0.25, 0.3) is 0 Å². The van der Waals surface area contributed by atoms with Gasteiger partial charge >= 0.3 is 0 Å². The van der Waals surface area contributed by atoms with Crippen LogP contribution in [0.2, 0.25) is 0 Å². The zero-order chi connectivity index (χ0) is 14.8. The van der Waals surface area contributed by atoms with E-state index in [-0.39, 0.29) is 0 Å². The summed E-state index contributed by atoms with van der Waals surface area (Å²) < 4.78 is 2.75. The van der Waals surface area contributed by atoms with E-state index in [0.717, 1.165) is 22.1 Å². The van der Waals surface area contributed by atoms with Gasteiger partial charge in [-0.25, -0.2) is 4.68 Å². The molecule has 1 fully saturated rings. The molecule has 1 N–H and O–H groups in total. The monoisotopic (exact) mass is 315 g/mol. The summed E-state index contributed by atoms with van der Waals surface area (Å²) >= 11 is 6.73. The van der Waals surface area contributed by atoms with Gasteiger partial charge in [-0.15, -0.1) is 0 Å². The Bertz CT molecular complexity index is 684. The van der Waals surface area contributed by atoms with Gasteiger partial charge in [-0.2, -0.15) is 5.10 Å². The second-order valence-corrected chi connectivity index (χ2v) is 7.12.